The van der Waals surface area contributed by atoms with E-state index in [4.69, 9.17) is 4.52 Å². The van der Waals surface area contributed by atoms with Crippen molar-refractivity contribution in [3.05, 3.63) is 30.3 Å². The smallest absolute Gasteiger partial charge is 0.238 e. The van der Waals surface area contributed by atoms with Gasteiger partial charge in [-0.05, 0) is 43.7 Å². The summed E-state index contributed by atoms with van der Waals surface area (Å²) in [6.45, 7) is 2.46. The fourth-order valence-corrected chi connectivity index (χ4v) is 8.14. The fourth-order valence-electron chi connectivity index (χ4n) is 4.77. The minimum atomic E-state index is -2.90. The van der Waals surface area contributed by atoms with Crippen LogP contribution in [0, 0.1) is 17.8 Å². The van der Waals surface area contributed by atoms with E-state index in [1.54, 1.807) is 0 Å². The van der Waals surface area contributed by atoms with Crippen molar-refractivity contribution in [2.75, 3.05) is 6.61 Å². The van der Waals surface area contributed by atoms with Crippen LogP contribution in [-0.4, -0.2) is 17.5 Å². The molecule has 5 atom stereocenters. The quantitative estimate of drug-likeness (QED) is 0.747. The number of rotatable bonds is 1. The Morgan fingerprint density at radius 1 is 1.25 bits per heavy atom. The molecule has 0 spiro atoms. The van der Waals surface area contributed by atoms with Crippen molar-refractivity contribution in [3.8, 4) is 0 Å². The van der Waals surface area contributed by atoms with Crippen molar-refractivity contribution in [3.63, 3.8) is 0 Å². The first kappa shape index (κ1) is 12.8. The molecule has 1 heterocycles. The molecule has 4 rings (SSSR count). The summed E-state index contributed by atoms with van der Waals surface area (Å²) in [6, 6.07) is 9.61. The SMILES string of the molecule is CC12C3CCC1[C@@H](COP2(=O)c1ccccc1)C(=O)C3. The number of hydrogen-bond acceptors (Lipinski definition) is 3. The molecule has 1 aromatic rings. The van der Waals surface area contributed by atoms with Crippen molar-refractivity contribution in [1.82, 2.24) is 0 Å². The first-order valence-corrected chi connectivity index (χ1v) is 9.03. The van der Waals surface area contributed by atoms with Crippen LogP contribution in [0.5, 0.6) is 0 Å². The monoisotopic (exact) mass is 290 g/mol. The lowest BCUT2D eigenvalue weighted by Crippen LogP contribution is -2.54. The maximum atomic E-state index is 13.7. The second-order valence-electron chi connectivity index (χ2n) is 6.57. The minimum Gasteiger partial charge on any atom is -0.324 e. The van der Waals surface area contributed by atoms with Crippen LogP contribution in [0.1, 0.15) is 26.2 Å². The van der Waals surface area contributed by atoms with E-state index in [1.807, 2.05) is 30.3 Å². The normalized spacial score (nSPS) is 46.5. The van der Waals surface area contributed by atoms with Gasteiger partial charge in [-0.3, -0.25) is 9.36 Å². The van der Waals surface area contributed by atoms with Crippen LogP contribution in [0.4, 0.5) is 0 Å². The van der Waals surface area contributed by atoms with Gasteiger partial charge < -0.3 is 4.52 Å². The van der Waals surface area contributed by atoms with Gasteiger partial charge in [0.05, 0.1) is 11.8 Å². The van der Waals surface area contributed by atoms with Crippen LogP contribution in [0.2, 0.25) is 0 Å². The molecule has 3 nitrogen and oxygen atoms in total. The Labute approximate surface area is 119 Å². The van der Waals surface area contributed by atoms with Crippen LogP contribution >= 0.6 is 7.37 Å². The molecule has 2 aliphatic carbocycles. The molecular weight excluding hydrogens is 271 g/mol. The molecule has 1 aromatic carbocycles. The van der Waals surface area contributed by atoms with E-state index in [-0.39, 0.29) is 22.9 Å². The molecular formula is C16H19O3P. The van der Waals surface area contributed by atoms with E-state index in [0.29, 0.717) is 18.8 Å². The van der Waals surface area contributed by atoms with E-state index in [1.165, 1.54) is 0 Å². The molecule has 0 radical (unpaired) electrons. The van der Waals surface area contributed by atoms with Crippen molar-refractivity contribution in [2.24, 2.45) is 17.8 Å². The molecule has 0 aromatic heterocycles. The lowest BCUT2D eigenvalue weighted by molar-refractivity contribution is -0.130. The maximum Gasteiger partial charge on any atom is 0.238 e. The molecule has 3 aliphatic rings. The zero-order valence-electron chi connectivity index (χ0n) is 11.6. The van der Waals surface area contributed by atoms with Gasteiger partial charge in [-0.25, -0.2) is 0 Å². The largest absolute Gasteiger partial charge is 0.324 e. The van der Waals surface area contributed by atoms with E-state index in [0.717, 1.165) is 18.1 Å². The van der Waals surface area contributed by atoms with Crippen molar-refractivity contribution in [1.29, 1.82) is 0 Å². The van der Waals surface area contributed by atoms with Crippen molar-refractivity contribution in [2.45, 2.75) is 31.3 Å². The summed E-state index contributed by atoms with van der Waals surface area (Å²) in [4.78, 5) is 12.2. The highest BCUT2D eigenvalue weighted by Gasteiger charge is 2.67. The average Bonchev–Trinajstić information content (AvgIpc) is 2.69. The van der Waals surface area contributed by atoms with Crippen molar-refractivity contribution >= 4 is 18.5 Å². The molecule has 4 heteroatoms. The lowest BCUT2D eigenvalue weighted by atomic mass is 9.71. The van der Waals surface area contributed by atoms with Gasteiger partial charge >= 0.3 is 0 Å². The summed E-state index contributed by atoms with van der Waals surface area (Å²) in [5, 5.41) is 0.484. The molecule has 1 aliphatic heterocycles. The van der Waals surface area contributed by atoms with Gasteiger partial charge in [0.25, 0.3) is 0 Å². The summed E-state index contributed by atoms with van der Waals surface area (Å²) < 4.78 is 19.6. The Morgan fingerprint density at radius 2 is 2.00 bits per heavy atom. The topological polar surface area (TPSA) is 43.4 Å². The lowest BCUT2D eigenvalue weighted by Gasteiger charge is -2.52. The summed E-state index contributed by atoms with van der Waals surface area (Å²) in [7, 11) is -2.90. The molecule has 2 saturated carbocycles. The second-order valence-corrected chi connectivity index (χ2v) is 9.41. The average molecular weight is 290 g/mol. The van der Waals surface area contributed by atoms with E-state index in [9.17, 15) is 9.36 Å². The third-order valence-corrected chi connectivity index (χ3v) is 9.37. The molecule has 20 heavy (non-hydrogen) atoms. The van der Waals surface area contributed by atoms with Crippen LogP contribution in [0.15, 0.2) is 30.3 Å². The van der Waals surface area contributed by atoms with E-state index in [2.05, 4.69) is 6.92 Å². The standard InChI is InChI=1S/C16H19O3P/c1-16-11-7-8-14(16)13(15(17)9-11)10-19-20(16,18)12-5-3-2-4-6-12/h2-6,11,13-14H,7-10H2,1H3/t11?,13-,14?,16?,20?/m1/s1. The third-order valence-electron chi connectivity index (χ3n) is 5.92. The van der Waals surface area contributed by atoms with Crippen LogP contribution in [0.3, 0.4) is 0 Å². The highest BCUT2D eigenvalue weighted by Crippen LogP contribution is 2.74. The zero-order chi connectivity index (χ0) is 14.0. The molecule has 4 unspecified atom stereocenters. The number of Topliss-reactive ketones (excluding diaryl/α,β-unsaturated/α-hetero) is 1. The van der Waals surface area contributed by atoms with Gasteiger partial charge in [-0.2, -0.15) is 0 Å². The Balaban J connectivity index is 1.88. The summed E-state index contributed by atoms with van der Waals surface area (Å²) in [6.07, 6.45) is 2.64. The predicted molar refractivity (Wildman–Crippen MR) is 77.4 cm³/mol. The summed E-state index contributed by atoms with van der Waals surface area (Å²) in [5.41, 5.74) is 0. The molecule has 106 valence electrons. The number of benzene rings is 1. The summed E-state index contributed by atoms with van der Waals surface area (Å²) >= 11 is 0. The molecule has 4 bridgehead atoms. The Bertz CT molecular complexity index is 611. The van der Waals surface area contributed by atoms with E-state index >= 15 is 0 Å². The minimum absolute atomic E-state index is 0.0236. The molecule has 1 saturated heterocycles. The number of carbonyl (C=O) groups is 1. The van der Waals surface area contributed by atoms with Gasteiger partial charge in [0.1, 0.15) is 5.78 Å². The van der Waals surface area contributed by atoms with Crippen molar-refractivity contribution < 1.29 is 13.9 Å². The van der Waals surface area contributed by atoms with Gasteiger partial charge in [0, 0.05) is 17.6 Å². The Hall–Kier alpha value is -0.920. The zero-order valence-corrected chi connectivity index (χ0v) is 12.5. The van der Waals surface area contributed by atoms with Crippen LogP contribution < -0.4 is 5.30 Å². The number of carbonyl (C=O) groups excluding carboxylic acids is 1. The molecule has 3 fully saturated rings. The van der Waals surface area contributed by atoms with Gasteiger partial charge in [0.2, 0.25) is 7.37 Å². The third kappa shape index (κ3) is 1.36. The Kier molecular flexibility index (Phi) is 2.59. The Morgan fingerprint density at radius 3 is 2.75 bits per heavy atom. The first-order valence-electron chi connectivity index (χ1n) is 7.40. The van der Waals surface area contributed by atoms with Gasteiger partial charge in [0.15, 0.2) is 0 Å². The molecule has 0 amide bonds. The maximum absolute atomic E-state index is 13.7. The predicted octanol–water partition coefficient (Wildman–Crippen LogP) is 2.99. The fraction of sp³-hybridized carbons (Fsp3) is 0.562. The second kappa shape index (κ2) is 4.05. The van der Waals surface area contributed by atoms with E-state index < -0.39 is 7.37 Å². The van der Waals surface area contributed by atoms with Gasteiger partial charge in [-0.15, -0.1) is 0 Å². The first-order chi connectivity index (χ1) is 9.57. The highest BCUT2D eigenvalue weighted by atomic mass is 31.2. The highest BCUT2D eigenvalue weighted by molar-refractivity contribution is 7.68. The van der Waals surface area contributed by atoms with Crippen LogP contribution in [-0.2, 0) is 13.9 Å². The summed E-state index contributed by atoms with van der Waals surface area (Å²) in [5.74, 6) is 0.773. The van der Waals surface area contributed by atoms with Gasteiger partial charge in [-0.1, -0.05) is 18.2 Å². The number of ketones is 1. The van der Waals surface area contributed by atoms with Crippen LogP contribution in [0.25, 0.3) is 0 Å². The molecule has 0 N–H and O–H groups in total. The number of hydrogen-bond donors (Lipinski definition) is 0.